The van der Waals surface area contributed by atoms with E-state index in [0.29, 0.717) is 6.04 Å². The Kier molecular flexibility index (Phi) is 4.00. The Morgan fingerprint density at radius 2 is 1.85 bits per heavy atom. The Bertz CT molecular complexity index is 206. The van der Waals surface area contributed by atoms with E-state index in [1.54, 1.807) is 0 Å². The molecule has 0 bridgehead atoms. The number of nitrogens with zero attached hydrogens (tertiary/aromatic N) is 1. The van der Waals surface area contributed by atoms with E-state index >= 15 is 0 Å². The third-order valence-electron chi connectivity index (χ3n) is 2.40. The van der Waals surface area contributed by atoms with E-state index in [4.69, 9.17) is 5.73 Å². The second-order valence-corrected chi connectivity index (χ2v) is 3.95. The first-order valence-corrected chi connectivity index (χ1v) is 5.16. The monoisotopic (exact) mass is 180 g/mol. The first-order valence-electron chi connectivity index (χ1n) is 5.16. The SMILES string of the molecule is CC(N)=CC(C)=NC1CCCCC1. The first-order chi connectivity index (χ1) is 6.18. The molecule has 1 saturated carbocycles. The van der Waals surface area contributed by atoms with Gasteiger partial charge >= 0.3 is 0 Å². The zero-order valence-corrected chi connectivity index (χ0v) is 8.71. The molecule has 0 amide bonds. The van der Waals surface area contributed by atoms with Crippen LogP contribution in [0, 0.1) is 0 Å². The van der Waals surface area contributed by atoms with E-state index in [1.165, 1.54) is 32.1 Å². The van der Waals surface area contributed by atoms with E-state index in [-0.39, 0.29) is 0 Å². The molecule has 74 valence electrons. The molecule has 0 heterocycles. The molecule has 0 aromatic rings. The topological polar surface area (TPSA) is 38.4 Å². The van der Waals surface area contributed by atoms with Gasteiger partial charge in [0.25, 0.3) is 0 Å². The lowest BCUT2D eigenvalue weighted by Gasteiger charge is -2.17. The summed E-state index contributed by atoms with van der Waals surface area (Å²) in [5.41, 5.74) is 7.50. The van der Waals surface area contributed by atoms with Crippen molar-refractivity contribution in [1.29, 1.82) is 0 Å². The Labute approximate surface area is 80.9 Å². The van der Waals surface area contributed by atoms with Crippen molar-refractivity contribution < 1.29 is 0 Å². The van der Waals surface area contributed by atoms with Gasteiger partial charge in [0.2, 0.25) is 0 Å². The Balaban J connectivity index is 2.48. The molecule has 0 aliphatic heterocycles. The number of rotatable bonds is 2. The van der Waals surface area contributed by atoms with Crippen molar-refractivity contribution in [2.24, 2.45) is 10.7 Å². The molecule has 1 aliphatic carbocycles. The Morgan fingerprint density at radius 3 is 2.38 bits per heavy atom. The summed E-state index contributed by atoms with van der Waals surface area (Å²) in [5, 5.41) is 0. The molecule has 0 saturated heterocycles. The van der Waals surface area contributed by atoms with Crippen LogP contribution in [-0.2, 0) is 0 Å². The molecule has 2 nitrogen and oxygen atoms in total. The molecular formula is C11H20N2. The molecule has 2 heteroatoms. The molecule has 0 atom stereocenters. The van der Waals surface area contributed by atoms with Crippen LogP contribution in [0.2, 0.25) is 0 Å². The molecule has 1 aliphatic rings. The molecule has 0 radical (unpaired) electrons. The van der Waals surface area contributed by atoms with Crippen molar-refractivity contribution in [3.8, 4) is 0 Å². The highest BCUT2D eigenvalue weighted by molar-refractivity contribution is 5.93. The van der Waals surface area contributed by atoms with Gasteiger partial charge in [-0.15, -0.1) is 0 Å². The molecule has 0 aromatic carbocycles. The van der Waals surface area contributed by atoms with Gasteiger partial charge in [-0.25, -0.2) is 0 Å². The molecule has 1 rings (SSSR count). The number of hydrogen-bond donors (Lipinski definition) is 1. The van der Waals surface area contributed by atoms with Crippen molar-refractivity contribution in [3.63, 3.8) is 0 Å². The zero-order valence-electron chi connectivity index (χ0n) is 8.71. The van der Waals surface area contributed by atoms with E-state index in [2.05, 4.69) is 4.99 Å². The highest BCUT2D eigenvalue weighted by Crippen LogP contribution is 2.20. The van der Waals surface area contributed by atoms with E-state index in [9.17, 15) is 0 Å². The van der Waals surface area contributed by atoms with Crippen molar-refractivity contribution >= 4 is 5.71 Å². The normalized spacial score (nSPS) is 22.0. The second-order valence-electron chi connectivity index (χ2n) is 3.95. The molecule has 13 heavy (non-hydrogen) atoms. The summed E-state index contributed by atoms with van der Waals surface area (Å²) in [6.07, 6.45) is 8.54. The van der Waals surface area contributed by atoms with E-state index < -0.39 is 0 Å². The van der Waals surface area contributed by atoms with Crippen LogP contribution in [0.1, 0.15) is 46.0 Å². The zero-order chi connectivity index (χ0) is 9.68. The number of allylic oxidation sites excluding steroid dienone is 2. The van der Waals surface area contributed by atoms with Crippen molar-refractivity contribution in [2.75, 3.05) is 0 Å². The fourth-order valence-electron chi connectivity index (χ4n) is 1.86. The minimum atomic E-state index is 0.560. The summed E-state index contributed by atoms with van der Waals surface area (Å²) in [6, 6.07) is 0.560. The van der Waals surface area contributed by atoms with Gasteiger partial charge < -0.3 is 5.73 Å². The predicted molar refractivity (Wildman–Crippen MR) is 57.9 cm³/mol. The lowest BCUT2D eigenvalue weighted by atomic mass is 9.96. The minimum Gasteiger partial charge on any atom is -0.402 e. The van der Waals surface area contributed by atoms with E-state index in [1.807, 2.05) is 19.9 Å². The van der Waals surface area contributed by atoms with Crippen LogP contribution in [-0.4, -0.2) is 11.8 Å². The van der Waals surface area contributed by atoms with Gasteiger partial charge in [-0.3, -0.25) is 4.99 Å². The number of hydrogen-bond acceptors (Lipinski definition) is 2. The highest BCUT2D eigenvalue weighted by atomic mass is 14.8. The van der Waals surface area contributed by atoms with Crippen molar-refractivity contribution in [1.82, 2.24) is 0 Å². The quantitative estimate of drug-likeness (QED) is 0.652. The van der Waals surface area contributed by atoms with Crippen LogP contribution in [0.4, 0.5) is 0 Å². The van der Waals surface area contributed by atoms with Gasteiger partial charge in [0.15, 0.2) is 0 Å². The maximum Gasteiger partial charge on any atom is 0.0502 e. The van der Waals surface area contributed by atoms with Gasteiger partial charge in [0.1, 0.15) is 0 Å². The molecular weight excluding hydrogens is 160 g/mol. The average molecular weight is 180 g/mol. The fourth-order valence-corrected chi connectivity index (χ4v) is 1.86. The summed E-state index contributed by atoms with van der Waals surface area (Å²) < 4.78 is 0. The van der Waals surface area contributed by atoms with Crippen molar-refractivity contribution in [3.05, 3.63) is 11.8 Å². The molecule has 0 spiro atoms. The predicted octanol–water partition coefficient (Wildman–Crippen LogP) is 2.64. The average Bonchev–Trinajstić information content (AvgIpc) is 2.04. The van der Waals surface area contributed by atoms with Crippen molar-refractivity contribution in [2.45, 2.75) is 52.0 Å². The van der Waals surface area contributed by atoms with Crippen LogP contribution in [0.5, 0.6) is 0 Å². The third-order valence-corrected chi connectivity index (χ3v) is 2.40. The Morgan fingerprint density at radius 1 is 1.23 bits per heavy atom. The van der Waals surface area contributed by atoms with Gasteiger partial charge in [-0.1, -0.05) is 19.3 Å². The summed E-state index contributed by atoms with van der Waals surface area (Å²) in [5.74, 6) is 0. The van der Waals surface area contributed by atoms with Crippen LogP contribution >= 0.6 is 0 Å². The van der Waals surface area contributed by atoms with Crippen LogP contribution in [0.15, 0.2) is 16.8 Å². The van der Waals surface area contributed by atoms with Crippen LogP contribution in [0.3, 0.4) is 0 Å². The maximum atomic E-state index is 5.58. The first kappa shape index (κ1) is 10.3. The molecule has 0 aromatic heterocycles. The molecule has 1 fully saturated rings. The van der Waals surface area contributed by atoms with E-state index in [0.717, 1.165) is 11.4 Å². The largest absolute Gasteiger partial charge is 0.402 e. The third kappa shape index (κ3) is 4.11. The van der Waals surface area contributed by atoms with Crippen LogP contribution < -0.4 is 5.73 Å². The minimum absolute atomic E-state index is 0.560. The van der Waals surface area contributed by atoms with Gasteiger partial charge in [-0.05, 0) is 32.8 Å². The summed E-state index contributed by atoms with van der Waals surface area (Å²) in [7, 11) is 0. The smallest absolute Gasteiger partial charge is 0.0502 e. The Hall–Kier alpha value is -0.790. The second kappa shape index (κ2) is 5.05. The summed E-state index contributed by atoms with van der Waals surface area (Å²) >= 11 is 0. The summed E-state index contributed by atoms with van der Waals surface area (Å²) in [4.78, 5) is 4.64. The molecule has 0 unspecified atom stereocenters. The summed E-state index contributed by atoms with van der Waals surface area (Å²) in [6.45, 7) is 3.94. The maximum absolute atomic E-state index is 5.58. The lowest BCUT2D eigenvalue weighted by molar-refractivity contribution is 0.443. The standard InChI is InChI=1S/C11H20N2/c1-9(12)8-10(2)13-11-6-4-3-5-7-11/h8,11H,3-7,12H2,1-2H3. The fraction of sp³-hybridized carbons (Fsp3) is 0.727. The number of nitrogens with two attached hydrogens (primary N) is 1. The lowest BCUT2D eigenvalue weighted by Crippen LogP contribution is -2.11. The number of aliphatic imine (C=N–C) groups is 1. The van der Waals surface area contributed by atoms with Gasteiger partial charge in [-0.2, -0.15) is 0 Å². The van der Waals surface area contributed by atoms with Gasteiger partial charge in [0, 0.05) is 11.4 Å². The molecule has 2 N–H and O–H groups in total. The highest BCUT2D eigenvalue weighted by Gasteiger charge is 2.11. The van der Waals surface area contributed by atoms with Gasteiger partial charge in [0.05, 0.1) is 6.04 Å². The van der Waals surface area contributed by atoms with Crippen LogP contribution in [0.25, 0.3) is 0 Å².